The fraction of sp³-hybridized carbons (Fsp3) is 0.727. The van der Waals surface area contributed by atoms with Gasteiger partial charge in [-0.2, -0.15) is 0 Å². The molecule has 0 heteroatoms. The summed E-state index contributed by atoms with van der Waals surface area (Å²) in [5.74, 6) is 16.4. The molecule has 22 heavy (non-hydrogen) atoms. The first-order chi connectivity index (χ1) is 10.8. The van der Waals surface area contributed by atoms with Crippen LogP contribution in [0.4, 0.5) is 0 Å². The topological polar surface area (TPSA) is 0 Å². The maximum atomic E-state index is 3.41. The summed E-state index contributed by atoms with van der Waals surface area (Å²) >= 11 is 0. The van der Waals surface area contributed by atoms with Crippen LogP contribution in [0.2, 0.25) is 0 Å². The number of hydrogen-bond acceptors (Lipinski definition) is 0. The molecule has 0 N–H and O–H groups in total. The predicted octanol–water partition coefficient (Wildman–Crippen LogP) is 5.98. The summed E-state index contributed by atoms with van der Waals surface area (Å²) in [6, 6.07) is 0. The lowest BCUT2D eigenvalue weighted by atomic mass is 9.81. The average Bonchev–Trinajstić information content (AvgIpc) is 2.59. The zero-order chi connectivity index (χ0) is 15.6. The third kappa shape index (κ3) is 5.93. The van der Waals surface area contributed by atoms with E-state index in [1.165, 1.54) is 64.2 Å². The highest BCUT2D eigenvalue weighted by atomic mass is 14.2. The molecule has 0 heterocycles. The van der Waals surface area contributed by atoms with Gasteiger partial charge in [0.1, 0.15) is 0 Å². The standard InChI is InChI=1S/C22H32/c1-3-19-11-15-21(16-12-19)9-7-5-6-8-10-22-17-13-20(4-2)14-18-22/h5-6,19-22H,3-4,11-18H2,1-2H3. The molecule has 0 aromatic rings. The molecule has 0 saturated heterocycles. The maximum Gasteiger partial charge on any atom is 0.0206 e. The van der Waals surface area contributed by atoms with Crippen molar-refractivity contribution < 1.29 is 0 Å². The van der Waals surface area contributed by atoms with Gasteiger partial charge in [-0.15, -0.1) is 0 Å². The molecule has 0 atom stereocenters. The van der Waals surface area contributed by atoms with Crippen LogP contribution in [0.5, 0.6) is 0 Å². The van der Waals surface area contributed by atoms with Crippen LogP contribution in [-0.2, 0) is 0 Å². The van der Waals surface area contributed by atoms with Gasteiger partial charge in [0.05, 0.1) is 0 Å². The largest absolute Gasteiger partial charge is 0.0951 e. The molecule has 0 nitrogen and oxygen atoms in total. The van der Waals surface area contributed by atoms with Crippen molar-refractivity contribution in [2.75, 3.05) is 0 Å². The van der Waals surface area contributed by atoms with E-state index in [0.29, 0.717) is 11.8 Å². The van der Waals surface area contributed by atoms with Gasteiger partial charge in [0, 0.05) is 11.8 Å². The molecular formula is C22H32. The van der Waals surface area contributed by atoms with Crippen molar-refractivity contribution in [3.05, 3.63) is 12.2 Å². The molecule has 0 amide bonds. The van der Waals surface area contributed by atoms with Crippen LogP contribution < -0.4 is 0 Å². The molecule has 0 spiro atoms. The molecule has 2 rings (SSSR count). The van der Waals surface area contributed by atoms with Gasteiger partial charge in [0.15, 0.2) is 0 Å². The van der Waals surface area contributed by atoms with E-state index in [9.17, 15) is 0 Å². The Morgan fingerprint density at radius 3 is 1.32 bits per heavy atom. The summed E-state index contributed by atoms with van der Waals surface area (Å²) in [6.45, 7) is 4.62. The van der Waals surface area contributed by atoms with Gasteiger partial charge in [-0.25, -0.2) is 0 Å². The zero-order valence-corrected chi connectivity index (χ0v) is 14.5. The molecular weight excluding hydrogens is 264 g/mol. The van der Waals surface area contributed by atoms with Crippen molar-refractivity contribution in [1.82, 2.24) is 0 Å². The Morgan fingerprint density at radius 1 is 0.636 bits per heavy atom. The lowest BCUT2D eigenvalue weighted by Crippen LogP contribution is -2.12. The normalized spacial score (nSPS) is 31.9. The molecule has 0 aliphatic heterocycles. The number of hydrogen-bond donors (Lipinski definition) is 0. The third-order valence-electron chi connectivity index (χ3n) is 5.67. The monoisotopic (exact) mass is 296 g/mol. The predicted molar refractivity (Wildman–Crippen MR) is 96.2 cm³/mol. The lowest BCUT2D eigenvalue weighted by molar-refractivity contribution is 0.309. The van der Waals surface area contributed by atoms with Gasteiger partial charge < -0.3 is 0 Å². The fourth-order valence-electron chi connectivity index (χ4n) is 3.85. The van der Waals surface area contributed by atoms with Gasteiger partial charge in [-0.1, -0.05) is 50.4 Å². The number of rotatable bonds is 2. The lowest BCUT2D eigenvalue weighted by Gasteiger charge is -2.24. The van der Waals surface area contributed by atoms with E-state index in [0.717, 1.165) is 11.8 Å². The summed E-state index contributed by atoms with van der Waals surface area (Å²) in [4.78, 5) is 0. The highest BCUT2D eigenvalue weighted by Crippen LogP contribution is 2.30. The van der Waals surface area contributed by atoms with Gasteiger partial charge >= 0.3 is 0 Å². The Balaban J connectivity index is 1.67. The molecule has 0 bridgehead atoms. The van der Waals surface area contributed by atoms with Crippen molar-refractivity contribution in [3.8, 4) is 23.7 Å². The second-order valence-corrected chi connectivity index (χ2v) is 7.16. The first kappa shape index (κ1) is 17.2. The summed E-state index contributed by atoms with van der Waals surface area (Å²) < 4.78 is 0. The van der Waals surface area contributed by atoms with E-state index < -0.39 is 0 Å². The average molecular weight is 296 g/mol. The van der Waals surface area contributed by atoms with Crippen LogP contribution >= 0.6 is 0 Å². The minimum atomic E-state index is 0.629. The van der Waals surface area contributed by atoms with E-state index in [-0.39, 0.29) is 0 Å². The molecule has 2 aliphatic carbocycles. The molecule has 0 unspecified atom stereocenters. The smallest absolute Gasteiger partial charge is 0.0206 e. The Labute approximate surface area is 138 Å². The van der Waals surface area contributed by atoms with Crippen LogP contribution in [0, 0.1) is 47.4 Å². The molecule has 120 valence electrons. The van der Waals surface area contributed by atoms with Crippen molar-refractivity contribution >= 4 is 0 Å². The van der Waals surface area contributed by atoms with Crippen LogP contribution in [0.15, 0.2) is 12.2 Å². The molecule has 0 aromatic heterocycles. The van der Waals surface area contributed by atoms with Crippen LogP contribution in [0.3, 0.4) is 0 Å². The quantitative estimate of drug-likeness (QED) is 0.550. The van der Waals surface area contributed by atoms with Gasteiger partial charge in [-0.3, -0.25) is 0 Å². The third-order valence-corrected chi connectivity index (χ3v) is 5.67. The van der Waals surface area contributed by atoms with Gasteiger partial charge in [-0.05, 0) is 75.4 Å². The second-order valence-electron chi connectivity index (χ2n) is 7.16. The highest BCUT2D eigenvalue weighted by Gasteiger charge is 2.18. The second kappa shape index (κ2) is 9.79. The van der Waals surface area contributed by atoms with E-state index >= 15 is 0 Å². The summed E-state index contributed by atoms with van der Waals surface area (Å²) in [7, 11) is 0. The summed E-state index contributed by atoms with van der Waals surface area (Å²) in [6.07, 6.45) is 17.3. The van der Waals surface area contributed by atoms with Crippen molar-refractivity contribution in [1.29, 1.82) is 0 Å². The van der Waals surface area contributed by atoms with E-state index in [1.807, 2.05) is 12.2 Å². The molecule has 2 fully saturated rings. The van der Waals surface area contributed by atoms with E-state index in [1.54, 1.807) is 0 Å². The van der Waals surface area contributed by atoms with Crippen LogP contribution in [0.25, 0.3) is 0 Å². The Hall–Kier alpha value is -1.14. The van der Waals surface area contributed by atoms with Crippen molar-refractivity contribution in [3.63, 3.8) is 0 Å². The minimum absolute atomic E-state index is 0.629. The number of allylic oxidation sites excluding steroid dienone is 2. The van der Waals surface area contributed by atoms with Crippen LogP contribution in [0.1, 0.15) is 78.1 Å². The minimum Gasteiger partial charge on any atom is -0.0951 e. The molecule has 2 saturated carbocycles. The first-order valence-corrected chi connectivity index (χ1v) is 9.48. The van der Waals surface area contributed by atoms with Crippen LogP contribution in [-0.4, -0.2) is 0 Å². The summed E-state index contributed by atoms with van der Waals surface area (Å²) in [5.41, 5.74) is 0. The Morgan fingerprint density at radius 2 is 1.00 bits per heavy atom. The summed E-state index contributed by atoms with van der Waals surface area (Å²) in [5, 5.41) is 0. The van der Waals surface area contributed by atoms with Crippen molar-refractivity contribution in [2.45, 2.75) is 78.1 Å². The van der Waals surface area contributed by atoms with Gasteiger partial charge in [0.2, 0.25) is 0 Å². The maximum absolute atomic E-state index is 3.41. The van der Waals surface area contributed by atoms with E-state index in [2.05, 4.69) is 37.5 Å². The molecule has 0 radical (unpaired) electrons. The van der Waals surface area contributed by atoms with Crippen molar-refractivity contribution in [2.24, 2.45) is 23.7 Å². The molecule has 2 aliphatic rings. The SMILES string of the molecule is CCC1CCC(C#CC=CC#CC2CCC(CC)CC2)CC1. The fourth-order valence-corrected chi connectivity index (χ4v) is 3.85. The molecule has 0 aromatic carbocycles. The Bertz CT molecular complexity index is 402. The Kier molecular flexibility index (Phi) is 7.66. The highest BCUT2D eigenvalue weighted by molar-refractivity contribution is 5.26. The van der Waals surface area contributed by atoms with E-state index in [4.69, 9.17) is 0 Å². The zero-order valence-electron chi connectivity index (χ0n) is 14.5. The first-order valence-electron chi connectivity index (χ1n) is 9.48. The van der Waals surface area contributed by atoms with Gasteiger partial charge in [0.25, 0.3) is 0 Å².